The fourth-order valence-corrected chi connectivity index (χ4v) is 15.2. The van der Waals surface area contributed by atoms with Gasteiger partial charge < -0.3 is 4.90 Å². The normalized spacial score (nSPS) is 17.0. The van der Waals surface area contributed by atoms with Crippen LogP contribution in [0, 0.1) is 6.92 Å². The van der Waals surface area contributed by atoms with E-state index in [9.17, 15) is 0 Å². The van der Waals surface area contributed by atoms with Crippen LogP contribution < -0.4 is 6.54 Å². The van der Waals surface area contributed by atoms with E-state index in [1.165, 1.54) is 51.0 Å². The van der Waals surface area contributed by atoms with Crippen LogP contribution >= 0.6 is 28.6 Å². The first kappa shape index (κ1) is 22.4. The molecule has 4 rings (SSSR count). The molecular formula is C22H27BiCl3N2. The molecule has 1 radical (unpaired) electrons. The predicted molar refractivity (Wildman–Crippen MR) is 126 cm³/mol. The molecule has 0 bridgehead atoms. The molecule has 6 heteroatoms. The Hall–Kier alpha value is -0.337. The molecule has 1 saturated heterocycles. The Bertz CT molecular complexity index is 806. The zero-order valence-electron chi connectivity index (χ0n) is 16.3. The van der Waals surface area contributed by atoms with Gasteiger partial charge in [-0.25, -0.2) is 0 Å². The van der Waals surface area contributed by atoms with Crippen LogP contribution in [0.1, 0.15) is 37.7 Å². The summed E-state index contributed by atoms with van der Waals surface area (Å²) in [5.74, 6) is 1.40. The fourth-order valence-electron chi connectivity index (χ4n) is 3.59. The topological polar surface area (TPSA) is 15.6 Å². The minimum atomic E-state index is -3.51. The van der Waals surface area contributed by atoms with Gasteiger partial charge in [-0.2, -0.15) is 0 Å². The third kappa shape index (κ3) is 5.85. The Kier molecular flexibility index (Phi) is 8.48. The summed E-state index contributed by atoms with van der Waals surface area (Å²) in [5.41, 5.74) is 1.16. The number of aryl methyl sites for hydroxylation is 1. The number of benzene rings is 2. The van der Waals surface area contributed by atoms with E-state index >= 15 is 0 Å². The van der Waals surface area contributed by atoms with E-state index in [-0.39, 0.29) is 0 Å². The standard InChI is InChI=1S/C9H16N2.C7H7.C6H4Cl.Bi.2ClH/c1-2-5-9-10-6-4-8-11(9)7-3-1;1-7-5-3-2-4-6-7;7-6-4-2-1-3-5-6;;;/h1-8H2;2-5H,1H3;2-5H;;2*1H/q;;;+2;;/p-2. The van der Waals surface area contributed by atoms with E-state index < -0.39 is 17.9 Å². The van der Waals surface area contributed by atoms with Gasteiger partial charge in [0.05, 0.1) is 5.84 Å². The number of aliphatic imine (C=N–C) groups is 1. The van der Waals surface area contributed by atoms with Crippen LogP contribution in [0.4, 0.5) is 0 Å². The van der Waals surface area contributed by atoms with Crippen molar-refractivity contribution in [1.29, 1.82) is 0 Å². The molecule has 0 N–H and O–H groups in total. The predicted octanol–water partition coefficient (Wildman–Crippen LogP) is 5.35. The second-order valence-electron chi connectivity index (χ2n) is 7.23. The summed E-state index contributed by atoms with van der Waals surface area (Å²) >= 11 is 2.36. The number of hydrogen-bond acceptors (Lipinski definition) is 2. The number of fused-ring (bicyclic) bond motifs is 1. The number of halogens is 3. The summed E-state index contributed by atoms with van der Waals surface area (Å²) in [5, 5.41) is 0.704. The fraction of sp³-hybridized carbons (Fsp3) is 0.409. The molecule has 2 aromatic rings. The van der Waals surface area contributed by atoms with E-state index in [1.807, 2.05) is 55.5 Å². The molecule has 0 unspecified atom stereocenters. The molecular weight excluding hydrogens is 608 g/mol. The molecule has 0 amide bonds. The second kappa shape index (κ2) is 10.6. The van der Waals surface area contributed by atoms with E-state index in [0.717, 1.165) is 18.7 Å². The van der Waals surface area contributed by atoms with Gasteiger partial charge in [0.25, 0.3) is 0 Å². The molecule has 2 aromatic carbocycles. The molecule has 0 saturated carbocycles. The second-order valence-corrected chi connectivity index (χ2v) is 26.0. The summed E-state index contributed by atoms with van der Waals surface area (Å²) in [6.07, 6.45) is 6.63. The zero-order valence-corrected chi connectivity index (χ0v) is 22.0. The van der Waals surface area contributed by atoms with Crippen LogP contribution in [0.25, 0.3) is 0 Å². The Morgan fingerprint density at radius 2 is 1.61 bits per heavy atom. The maximum atomic E-state index is 6.68. The molecule has 28 heavy (non-hydrogen) atoms. The van der Waals surface area contributed by atoms with Crippen molar-refractivity contribution in [3.63, 3.8) is 0 Å². The van der Waals surface area contributed by atoms with Gasteiger partial charge >= 0.3 is 119 Å². The SMILES string of the molecule is C1CCC2=NCCCN2CC1.Cc1cccc[c]1[Bi]([Cl])([Cl])[c]1ccc(Cl)cc1. The number of amidine groups is 1. The van der Waals surface area contributed by atoms with Crippen molar-refractivity contribution in [2.45, 2.75) is 39.0 Å². The van der Waals surface area contributed by atoms with Crippen LogP contribution in [0.3, 0.4) is 0 Å². The van der Waals surface area contributed by atoms with Crippen molar-refractivity contribution in [2.24, 2.45) is 4.99 Å². The summed E-state index contributed by atoms with van der Waals surface area (Å²) in [6, 6.07) is 15.6. The van der Waals surface area contributed by atoms with Gasteiger partial charge in [-0.15, -0.1) is 0 Å². The first-order chi connectivity index (χ1) is 13.5. The Balaban J connectivity index is 0.000000176. The van der Waals surface area contributed by atoms with Gasteiger partial charge in [-0.1, -0.05) is 6.42 Å². The van der Waals surface area contributed by atoms with Crippen molar-refractivity contribution in [3.05, 3.63) is 59.1 Å². The van der Waals surface area contributed by atoms with Gasteiger partial charge in [0, 0.05) is 26.1 Å². The van der Waals surface area contributed by atoms with Gasteiger partial charge in [0.15, 0.2) is 0 Å². The quantitative estimate of drug-likeness (QED) is 0.407. The molecule has 151 valence electrons. The molecule has 1 fully saturated rings. The Labute approximate surface area is 185 Å². The third-order valence-electron chi connectivity index (χ3n) is 5.14. The zero-order chi connectivity index (χ0) is 20.0. The minimum absolute atomic E-state index is 0.704. The maximum absolute atomic E-state index is 6.68. The van der Waals surface area contributed by atoms with E-state index in [2.05, 4.69) is 9.89 Å². The van der Waals surface area contributed by atoms with Gasteiger partial charge in [0.1, 0.15) is 0 Å². The van der Waals surface area contributed by atoms with Crippen molar-refractivity contribution in [3.8, 4) is 0 Å². The van der Waals surface area contributed by atoms with Gasteiger partial charge in [-0.05, 0) is 19.3 Å². The van der Waals surface area contributed by atoms with Crippen molar-refractivity contribution < 1.29 is 0 Å². The van der Waals surface area contributed by atoms with E-state index in [1.54, 1.807) is 0 Å². The van der Waals surface area contributed by atoms with Crippen LogP contribution in [-0.4, -0.2) is 48.2 Å². The molecule has 0 spiro atoms. The average Bonchev–Trinajstić information content (AvgIpc) is 2.94. The van der Waals surface area contributed by atoms with Crippen LogP contribution in [0.2, 0.25) is 5.02 Å². The molecule has 0 aliphatic carbocycles. The monoisotopic (exact) mass is 633 g/mol. The molecule has 2 aliphatic heterocycles. The van der Waals surface area contributed by atoms with Gasteiger partial charge in [0.2, 0.25) is 0 Å². The molecule has 2 aliphatic rings. The van der Waals surface area contributed by atoms with E-state index in [4.69, 9.17) is 28.6 Å². The van der Waals surface area contributed by atoms with Gasteiger partial charge in [-0.3, -0.25) is 4.99 Å². The number of hydrogen-bond donors (Lipinski definition) is 0. The molecule has 2 heterocycles. The first-order valence-corrected chi connectivity index (χ1v) is 22.3. The molecule has 2 nitrogen and oxygen atoms in total. The van der Waals surface area contributed by atoms with E-state index in [0.29, 0.717) is 5.02 Å². The van der Waals surface area contributed by atoms with Crippen molar-refractivity contribution >= 4 is 58.9 Å². The van der Waals surface area contributed by atoms with Crippen molar-refractivity contribution in [1.82, 2.24) is 4.90 Å². The summed E-state index contributed by atoms with van der Waals surface area (Å²) < 4.78 is 2.14. The van der Waals surface area contributed by atoms with Crippen LogP contribution in [0.15, 0.2) is 53.5 Å². The third-order valence-corrected chi connectivity index (χ3v) is 20.0. The van der Waals surface area contributed by atoms with Crippen LogP contribution in [-0.2, 0) is 0 Å². The number of nitrogens with zero attached hydrogens (tertiary/aromatic N) is 2. The molecule has 0 atom stereocenters. The first-order valence-electron chi connectivity index (χ1n) is 9.87. The summed E-state index contributed by atoms with van der Waals surface area (Å²) in [6.45, 7) is 5.65. The Morgan fingerprint density at radius 3 is 2.36 bits per heavy atom. The van der Waals surface area contributed by atoms with Crippen molar-refractivity contribution in [2.75, 3.05) is 19.6 Å². The summed E-state index contributed by atoms with van der Waals surface area (Å²) in [7, 11) is 13.4. The average molecular weight is 635 g/mol. The summed E-state index contributed by atoms with van der Waals surface area (Å²) in [4.78, 5) is 7.04. The Morgan fingerprint density at radius 1 is 0.893 bits per heavy atom. The number of rotatable bonds is 2. The van der Waals surface area contributed by atoms with Crippen LogP contribution in [0.5, 0.6) is 0 Å². The molecule has 0 aromatic heterocycles.